The molecular formula is C28H33F3O5S. The summed E-state index contributed by atoms with van der Waals surface area (Å²) in [4.78, 5) is 13.0. The fourth-order valence-electron chi connectivity index (χ4n) is 4.01. The number of aryl methyl sites for hydroxylation is 1. The molecule has 0 aliphatic heterocycles. The minimum atomic E-state index is -4.80. The van der Waals surface area contributed by atoms with E-state index in [4.69, 9.17) is 13.9 Å². The van der Waals surface area contributed by atoms with Gasteiger partial charge in [-0.05, 0) is 64.8 Å². The first kappa shape index (κ1) is 28.6. The van der Waals surface area contributed by atoms with Crippen LogP contribution in [0.3, 0.4) is 0 Å². The summed E-state index contributed by atoms with van der Waals surface area (Å²) >= 11 is 1.25. The van der Waals surface area contributed by atoms with Crippen LogP contribution in [0.4, 0.5) is 13.2 Å². The molecule has 2 aromatic heterocycles. The topological polar surface area (TPSA) is 57.9 Å². The summed E-state index contributed by atoms with van der Waals surface area (Å²) in [5.41, 5.74) is 0.0372. The number of ether oxygens (including phenoxy) is 3. The van der Waals surface area contributed by atoms with Gasteiger partial charge in [-0.2, -0.15) is 0 Å². The molecule has 0 amide bonds. The fourth-order valence-corrected chi connectivity index (χ4v) is 5.09. The first-order chi connectivity index (χ1) is 17.3. The molecule has 0 saturated heterocycles. The van der Waals surface area contributed by atoms with Gasteiger partial charge in [0.25, 0.3) is 0 Å². The van der Waals surface area contributed by atoms with E-state index in [1.54, 1.807) is 45.0 Å². The molecular weight excluding hydrogens is 505 g/mol. The number of benzene rings is 1. The molecule has 202 valence electrons. The number of hydrogen-bond acceptors (Lipinski definition) is 6. The summed E-state index contributed by atoms with van der Waals surface area (Å²) in [5.74, 6) is 0.123. The molecule has 0 aliphatic rings. The Labute approximate surface area is 219 Å². The van der Waals surface area contributed by atoms with Gasteiger partial charge >= 0.3 is 12.3 Å². The van der Waals surface area contributed by atoms with E-state index < -0.39 is 17.9 Å². The van der Waals surface area contributed by atoms with Crippen molar-refractivity contribution in [2.24, 2.45) is 0 Å². The van der Waals surface area contributed by atoms with Gasteiger partial charge in [-0.3, -0.25) is 0 Å². The Hall–Kier alpha value is -2.94. The van der Waals surface area contributed by atoms with Crippen LogP contribution in [0.1, 0.15) is 65.2 Å². The number of carbonyl (C=O) groups excluding carboxylic acids is 1. The number of hydrogen-bond donors (Lipinski definition) is 0. The molecule has 0 bridgehead atoms. The third kappa shape index (κ3) is 8.28. The number of unbranched alkanes of at least 4 members (excludes halogenated alkanes) is 2. The lowest BCUT2D eigenvalue weighted by molar-refractivity contribution is -0.274. The van der Waals surface area contributed by atoms with Crippen molar-refractivity contribution in [3.05, 3.63) is 47.4 Å². The van der Waals surface area contributed by atoms with Crippen LogP contribution in [0, 0.1) is 0 Å². The van der Waals surface area contributed by atoms with Gasteiger partial charge in [0, 0.05) is 28.3 Å². The summed E-state index contributed by atoms with van der Waals surface area (Å²) in [5, 5.41) is 0.726. The van der Waals surface area contributed by atoms with Gasteiger partial charge in [0.15, 0.2) is 5.75 Å². The minimum absolute atomic E-state index is 0.250. The molecule has 3 aromatic rings. The van der Waals surface area contributed by atoms with Crippen LogP contribution in [0.5, 0.6) is 11.5 Å². The van der Waals surface area contributed by atoms with Gasteiger partial charge < -0.3 is 18.6 Å². The lowest BCUT2D eigenvalue weighted by atomic mass is 10.0. The first-order valence-electron chi connectivity index (χ1n) is 12.2. The number of fused-ring (bicyclic) bond motifs is 1. The summed E-state index contributed by atoms with van der Waals surface area (Å²) in [7, 11) is 0. The highest BCUT2D eigenvalue weighted by Crippen LogP contribution is 2.43. The van der Waals surface area contributed by atoms with Gasteiger partial charge in [0.05, 0.1) is 6.10 Å². The maximum Gasteiger partial charge on any atom is 0.573 e. The molecule has 9 heteroatoms. The lowest BCUT2D eigenvalue weighted by Gasteiger charge is -2.28. The summed E-state index contributed by atoms with van der Waals surface area (Å²) < 4.78 is 61.0. The smallest absolute Gasteiger partial charge is 0.490 e. The first-order valence-corrected chi connectivity index (χ1v) is 13.1. The molecule has 5 nitrogen and oxygen atoms in total. The second-order valence-corrected chi connectivity index (χ2v) is 10.9. The van der Waals surface area contributed by atoms with Crippen molar-refractivity contribution in [3.63, 3.8) is 0 Å². The predicted octanol–water partition coefficient (Wildman–Crippen LogP) is 8.85. The average molecular weight is 539 g/mol. The second kappa shape index (κ2) is 11.6. The van der Waals surface area contributed by atoms with Crippen LogP contribution in [-0.4, -0.2) is 24.0 Å². The summed E-state index contributed by atoms with van der Waals surface area (Å²) in [6, 6.07) is 8.41. The summed E-state index contributed by atoms with van der Waals surface area (Å²) in [6.07, 6.45) is -1.07. The number of halogens is 3. The quantitative estimate of drug-likeness (QED) is 0.131. The highest BCUT2D eigenvalue weighted by molar-refractivity contribution is 7.15. The van der Waals surface area contributed by atoms with E-state index in [1.165, 1.54) is 17.4 Å². The van der Waals surface area contributed by atoms with E-state index in [0.717, 1.165) is 29.5 Å². The van der Waals surface area contributed by atoms with Crippen molar-refractivity contribution in [3.8, 4) is 22.1 Å². The number of esters is 1. The van der Waals surface area contributed by atoms with E-state index in [2.05, 4.69) is 18.2 Å². The molecule has 0 radical (unpaired) electrons. The van der Waals surface area contributed by atoms with E-state index in [0.29, 0.717) is 40.4 Å². The molecule has 0 saturated carbocycles. The van der Waals surface area contributed by atoms with Crippen LogP contribution >= 0.6 is 11.3 Å². The Morgan fingerprint density at radius 2 is 1.89 bits per heavy atom. The maximum absolute atomic E-state index is 13.1. The molecule has 2 heterocycles. The lowest BCUT2D eigenvalue weighted by Crippen LogP contribution is -2.33. The van der Waals surface area contributed by atoms with Crippen LogP contribution < -0.4 is 9.47 Å². The van der Waals surface area contributed by atoms with E-state index in [1.807, 2.05) is 6.92 Å². The van der Waals surface area contributed by atoms with Gasteiger partial charge in [0.2, 0.25) is 0 Å². The van der Waals surface area contributed by atoms with Crippen LogP contribution in [0.15, 0.2) is 46.9 Å². The van der Waals surface area contributed by atoms with Gasteiger partial charge in [0.1, 0.15) is 27.6 Å². The Balaban J connectivity index is 1.79. The number of carbonyl (C=O) groups is 1. The molecule has 1 atom stereocenters. The summed E-state index contributed by atoms with van der Waals surface area (Å²) in [6.45, 7) is 12.7. The molecule has 1 unspecified atom stereocenters. The van der Waals surface area contributed by atoms with Crippen molar-refractivity contribution < 1.29 is 36.6 Å². The van der Waals surface area contributed by atoms with Crippen LogP contribution in [0.2, 0.25) is 0 Å². The monoisotopic (exact) mass is 538 g/mol. The largest absolute Gasteiger partial charge is 0.573 e. The number of thiophene rings is 1. The SMILES string of the molecule is C=C(C)C(=O)OC(C)(C)CC(C)Oc1ccc2cc(-c3sc(CCCCC)cc3OC(F)(F)F)oc2c1. The highest BCUT2D eigenvalue weighted by atomic mass is 32.1. The Bertz CT molecular complexity index is 1240. The van der Waals surface area contributed by atoms with Crippen molar-refractivity contribution in [2.45, 2.75) is 84.8 Å². The zero-order chi connectivity index (χ0) is 27.4. The number of furan rings is 1. The van der Waals surface area contributed by atoms with Crippen molar-refractivity contribution in [1.82, 2.24) is 0 Å². The third-order valence-corrected chi connectivity index (χ3v) is 6.74. The third-order valence-electron chi connectivity index (χ3n) is 5.55. The van der Waals surface area contributed by atoms with Gasteiger partial charge in [-0.25, -0.2) is 4.79 Å². The zero-order valence-corrected chi connectivity index (χ0v) is 22.6. The standard InChI is InChI=1S/C28H33F3O5S/c1-7-8-9-10-21-15-24(35-28(29,30)31)25(37-21)23-13-19-11-12-20(14-22(19)34-23)33-18(4)16-27(5,6)36-26(32)17(2)3/h11-15,18H,2,7-10,16H2,1,3-6H3. The highest BCUT2D eigenvalue weighted by Gasteiger charge is 2.34. The van der Waals surface area contributed by atoms with E-state index in [9.17, 15) is 18.0 Å². The van der Waals surface area contributed by atoms with Crippen molar-refractivity contribution in [2.75, 3.05) is 0 Å². The Morgan fingerprint density at radius 3 is 2.54 bits per heavy atom. The molecule has 0 N–H and O–H groups in total. The van der Waals surface area contributed by atoms with E-state index in [-0.39, 0.29) is 11.9 Å². The molecule has 37 heavy (non-hydrogen) atoms. The van der Waals surface area contributed by atoms with E-state index >= 15 is 0 Å². The average Bonchev–Trinajstić information content (AvgIpc) is 3.35. The van der Waals surface area contributed by atoms with Gasteiger partial charge in [-0.1, -0.05) is 26.3 Å². The van der Waals surface area contributed by atoms with Crippen LogP contribution in [-0.2, 0) is 16.0 Å². The molecule has 0 spiro atoms. The minimum Gasteiger partial charge on any atom is -0.490 e. The maximum atomic E-state index is 13.1. The molecule has 3 rings (SSSR count). The second-order valence-electron chi connectivity index (χ2n) is 9.78. The molecule has 1 aromatic carbocycles. The molecule has 0 aliphatic carbocycles. The normalized spacial score (nSPS) is 13.0. The number of rotatable bonds is 12. The van der Waals surface area contributed by atoms with Gasteiger partial charge in [-0.15, -0.1) is 24.5 Å². The predicted molar refractivity (Wildman–Crippen MR) is 139 cm³/mol. The Kier molecular flexibility index (Phi) is 9.00. The Morgan fingerprint density at radius 1 is 1.16 bits per heavy atom. The van der Waals surface area contributed by atoms with Crippen molar-refractivity contribution >= 4 is 28.3 Å². The van der Waals surface area contributed by atoms with Crippen molar-refractivity contribution in [1.29, 1.82) is 0 Å². The molecule has 0 fully saturated rings. The van der Waals surface area contributed by atoms with Crippen LogP contribution in [0.25, 0.3) is 21.6 Å². The number of alkyl halides is 3. The fraction of sp³-hybridized carbons (Fsp3) is 0.464. The zero-order valence-electron chi connectivity index (χ0n) is 21.8.